The van der Waals surface area contributed by atoms with E-state index in [0.717, 1.165) is 0 Å². The molecule has 82 valence electrons. The van der Waals surface area contributed by atoms with Crippen LogP contribution in [0.5, 0.6) is 0 Å². The Morgan fingerprint density at radius 3 is 3.06 bits per heavy atom. The van der Waals surface area contributed by atoms with E-state index in [-0.39, 0.29) is 18.1 Å². The Morgan fingerprint density at radius 1 is 1.50 bits per heavy atom. The molecule has 1 amide bonds. The molecule has 16 heavy (non-hydrogen) atoms. The second-order valence-corrected chi connectivity index (χ2v) is 2.86. The highest BCUT2D eigenvalue weighted by Gasteiger charge is 2.08. The first-order valence-corrected chi connectivity index (χ1v) is 4.36. The highest BCUT2D eigenvalue weighted by molar-refractivity contribution is 5.92. The first-order valence-electron chi connectivity index (χ1n) is 4.36. The van der Waals surface area contributed by atoms with Crippen molar-refractivity contribution in [2.45, 2.75) is 6.54 Å². The maximum atomic E-state index is 11.5. The lowest BCUT2D eigenvalue weighted by molar-refractivity contribution is 0.0944. The van der Waals surface area contributed by atoms with E-state index >= 15 is 0 Å². The Bertz CT molecular complexity index is 483. The number of anilines is 1. The second-order valence-electron chi connectivity index (χ2n) is 2.86. The van der Waals surface area contributed by atoms with E-state index in [0.29, 0.717) is 5.82 Å². The van der Waals surface area contributed by atoms with Crippen molar-refractivity contribution < 1.29 is 9.32 Å². The number of hydrogen-bond donors (Lipinski definition) is 2. The van der Waals surface area contributed by atoms with Crippen LogP contribution < -0.4 is 11.1 Å². The van der Waals surface area contributed by atoms with E-state index in [1.54, 1.807) is 0 Å². The van der Waals surface area contributed by atoms with Gasteiger partial charge < -0.3 is 15.6 Å². The first-order chi connectivity index (χ1) is 7.75. The molecule has 0 unspecified atom stereocenters. The number of aromatic nitrogens is 4. The highest BCUT2D eigenvalue weighted by atomic mass is 16.5. The quantitative estimate of drug-likeness (QED) is 0.706. The number of nitrogens with one attached hydrogen (secondary N) is 1. The van der Waals surface area contributed by atoms with Gasteiger partial charge in [0.2, 0.25) is 6.39 Å². The van der Waals surface area contributed by atoms with Crippen molar-refractivity contribution in [3.63, 3.8) is 0 Å². The molecular formula is C8H8N6O2. The van der Waals surface area contributed by atoms with Crippen LogP contribution in [-0.2, 0) is 6.54 Å². The predicted octanol–water partition coefficient (Wildman–Crippen LogP) is -0.628. The van der Waals surface area contributed by atoms with Crippen LogP contribution in [0.1, 0.15) is 16.3 Å². The van der Waals surface area contributed by atoms with Crippen molar-refractivity contribution in [2.75, 3.05) is 5.73 Å². The molecule has 2 heterocycles. The van der Waals surface area contributed by atoms with Crippen LogP contribution in [-0.4, -0.2) is 26.0 Å². The Balaban J connectivity index is 1.98. The topological polar surface area (TPSA) is 120 Å². The molecule has 0 bridgehead atoms. The highest BCUT2D eigenvalue weighted by Crippen LogP contribution is 1.97. The average molecular weight is 220 g/mol. The van der Waals surface area contributed by atoms with Crippen molar-refractivity contribution in [3.8, 4) is 0 Å². The van der Waals surface area contributed by atoms with Crippen LogP contribution in [0.4, 0.5) is 5.82 Å². The zero-order chi connectivity index (χ0) is 11.4. The van der Waals surface area contributed by atoms with Crippen LogP contribution >= 0.6 is 0 Å². The van der Waals surface area contributed by atoms with Crippen LogP contribution in [0.15, 0.2) is 23.3 Å². The molecule has 0 saturated carbocycles. The number of rotatable bonds is 3. The summed E-state index contributed by atoms with van der Waals surface area (Å²) in [5, 5.41) is 6.08. The van der Waals surface area contributed by atoms with Gasteiger partial charge in [-0.1, -0.05) is 5.16 Å². The minimum atomic E-state index is -0.399. The van der Waals surface area contributed by atoms with Gasteiger partial charge in [0.15, 0.2) is 5.82 Å². The summed E-state index contributed by atoms with van der Waals surface area (Å²) < 4.78 is 4.51. The molecule has 0 saturated heterocycles. The van der Waals surface area contributed by atoms with Crippen LogP contribution in [0.25, 0.3) is 0 Å². The molecular weight excluding hydrogens is 212 g/mol. The summed E-state index contributed by atoms with van der Waals surface area (Å²) in [6, 6.07) is 0. The third kappa shape index (κ3) is 2.29. The Morgan fingerprint density at radius 2 is 2.38 bits per heavy atom. The minimum Gasteiger partial charge on any atom is -0.382 e. The van der Waals surface area contributed by atoms with Gasteiger partial charge >= 0.3 is 0 Å². The molecule has 0 radical (unpaired) electrons. The molecule has 2 aromatic heterocycles. The molecule has 0 aliphatic rings. The lowest BCUT2D eigenvalue weighted by Crippen LogP contribution is -2.24. The fraction of sp³-hybridized carbons (Fsp3) is 0.125. The molecule has 0 aliphatic heterocycles. The molecule has 0 spiro atoms. The summed E-state index contributed by atoms with van der Waals surface area (Å²) in [4.78, 5) is 22.8. The molecule has 8 heteroatoms. The van der Waals surface area contributed by atoms with Gasteiger partial charge in [0.25, 0.3) is 5.91 Å². The van der Waals surface area contributed by atoms with Crippen molar-refractivity contribution in [1.82, 2.24) is 25.4 Å². The summed E-state index contributed by atoms with van der Waals surface area (Å²) in [6.45, 7) is 0.159. The van der Waals surface area contributed by atoms with Crippen LogP contribution in [0.2, 0.25) is 0 Å². The van der Waals surface area contributed by atoms with Gasteiger partial charge in [0.05, 0.1) is 18.9 Å². The number of nitrogens with zero attached hydrogens (tertiary/aromatic N) is 4. The van der Waals surface area contributed by atoms with E-state index in [9.17, 15) is 4.79 Å². The van der Waals surface area contributed by atoms with E-state index in [2.05, 4.69) is 29.9 Å². The number of hydrogen-bond acceptors (Lipinski definition) is 7. The molecule has 2 rings (SSSR count). The Hall–Kier alpha value is -2.51. The van der Waals surface area contributed by atoms with E-state index in [4.69, 9.17) is 5.73 Å². The van der Waals surface area contributed by atoms with Crippen molar-refractivity contribution >= 4 is 11.7 Å². The third-order valence-electron chi connectivity index (χ3n) is 1.70. The van der Waals surface area contributed by atoms with E-state index in [1.165, 1.54) is 18.8 Å². The monoisotopic (exact) mass is 220 g/mol. The smallest absolute Gasteiger partial charge is 0.271 e. The summed E-state index contributed by atoms with van der Waals surface area (Å²) in [6.07, 6.45) is 3.86. The van der Waals surface area contributed by atoms with Crippen molar-refractivity contribution in [2.24, 2.45) is 0 Å². The van der Waals surface area contributed by atoms with Crippen LogP contribution in [0.3, 0.4) is 0 Å². The molecule has 0 aromatic carbocycles. The van der Waals surface area contributed by atoms with E-state index < -0.39 is 5.91 Å². The number of carbonyl (C=O) groups excluding carboxylic acids is 1. The number of amides is 1. The number of nitrogens with two attached hydrogens (primary N) is 1. The molecule has 2 aromatic rings. The summed E-state index contributed by atoms with van der Waals surface area (Å²) in [5.74, 6) is 0.169. The number of carbonyl (C=O) groups is 1. The van der Waals surface area contributed by atoms with Gasteiger partial charge in [-0.3, -0.25) is 9.78 Å². The van der Waals surface area contributed by atoms with E-state index in [1.807, 2.05) is 0 Å². The SMILES string of the molecule is Nc1cncc(C(=O)NCc2ncon2)n1. The summed E-state index contributed by atoms with van der Waals surface area (Å²) in [5.41, 5.74) is 5.54. The summed E-state index contributed by atoms with van der Waals surface area (Å²) >= 11 is 0. The normalized spacial score (nSPS) is 10.0. The van der Waals surface area contributed by atoms with Gasteiger partial charge in [-0.2, -0.15) is 4.98 Å². The largest absolute Gasteiger partial charge is 0.382 e. The Kier molecular flexibility index (Phi) is 2.72. The van der Waals surface area contributed by atoms with Gasteiger partial charge in [0, 0.05) is 0 Å². The van der Waals surface area contributed by atoms with Gasteiger partial charge in [-0.25, -0.2) is 4.98 Å². The van der Waals surface area contributed by atoms with Crippen LogP contribution in [0, 0.1) is 0 Å². The van der Waals surface area contributed by atoms with Gasteiger partial charge in [-0.05, 0) is 0 Å². The molecule has 0 atom stereocenters. The van der Waals surface area contributed by atoms with Crippen molar-refractivity contribution in [1.29, 1.82) is 0 Å². The standard InChI is InChI=1S/C8H8N6O2/c9-6-2-10-1-5(13-6)8(15)11-3-7-12-4-16-14-7/h1-2,4H,3H2,(H2,9,13)(H,11,15). The fourth-order valence-corrected chi connectivity index (χ4v) is 1.01. The van der Waals surface area contributed by atoms with Crippen molar-refractivity contribution in [3.05, 3.63) is 30.3 Å². The first kappa shape index (κ1) is 10.0. The fourth-order valence-electron chi connectivity index (χ4n) is 1.01. The Labute approximate surface area is 89.9 Å². The van der Waals surface area contributed by atoms with Gasteiger partial charge in [0.1, 0.15) is 11.5 Å². The average Bonchev–Trinajstić information content (AvgIpc) is 2.78. The maximum Gasteiger partial charge on any atom is 0.271 e. The number of nitrogen functional groups attached to an aromatic ring is 1. The third-order valence-corrected chi connectivity index (χ3v) is 1.70. The molecule has 8 nitrogen and oxygen atoms in total. The minimum absolute atomic E-state index is 0.142. The zero-order valence-electron chi connectivity index (χ0n) is 8.12. The molecule has 0 fully saturated rings. The molecule has 3 N–H and O–H groups in total. The zero-order valence-corrected chi connectivity index (χ0v) is 8.12. The second kappa shape index (κ2) is 4.34. The predicted molar refractivity (Wildman–Crippen MR) is 51.9 cm³/mol. The maximum absolute atomic E-state index is 11.5. The summed E-state index contributed by atoms with van der Waals surface area (Å²) in [7, 11) is 0. The molecule has 0 aliphatic carbocycles. The lowest BCUT2D eigenvalue weighted by Gasteiger charge is -2.01. The van der Waals surface area contributed by atoms with Gasteiger partial charge in [-0.15, -0.1) is 0 Å². The lowest BCUT2D eigenvalue weighted by atomic mass is 10.4.